The number of hydrogen-bond donors (Lipinski definition) is 0. The van der Waals surface area contributed by atoms with Crippen LogP contribution in [0.15, 0.2) is 60.7 Å². The molecule has 0 spiro atoms. The topological polar surface area (TPSA) is 4.93 Å². The molecular weight excluding hydrogens is 290 g/mol. The summed E-state index contributed by atoms with van der Waals surface area (Å²) in [6.07, 6.45) is 1.06. The Morgan fingerprint density at radius 3 is 2.42 bits per heavy atom. The van der Waals surface area contributed by atoms with Gasteiger partial charge in [0.15, 0.2) is 0 Å². The molecule has 1 aromatic heterocycles. The third-order valence-corrected chi connectivity index (χ3v) is 5.68. The Kier molecular flexibility index (Phi) is 2.20. The van der Waals surface area contributed by atoms with Crippen LogP contribution in [0.25, 0.3) is 33.3 Å². The van der Waals surface area contributed by atoms with Gasteiger partial charge in [-0.2, -0.15) is 0 Å². The second kappa shape index (κ2) is 4.18. The molecular formula is C23H17N. The molecule has 4 aromatic rings. The summed E-state index contributed by atoms with van der Waals surface area (Å²) < 4.78 is 2.56. The first-order valence-electron chi connectivity index (χ1n) is 8.63. The molecule has 1 aliphatic heterocycles. The molecule has 0 bridgehead atoms. The molecule has 1 aliphatic carbocycles. The van der Waals surface area contributed by atoms with E-state index in [0.717, 1.165) is 13.0 Å². The Morgan fingerprint density at radius 1 is 0.792 bits per heavy atom. The van der Waals surface area contributed by atoms with E-state index in [0.29, 0.717) is 0 Å². The highest BCUT2D eigenvalue weighted by atomic mass is 15.0. The molecule has 114 valence electrons. The summed E-state index contributed by atoms with van der Waals surface area (Å²) in [6, 6.07) is 22.5. The van der Waals surface area contributed by atoms with Gasteiger partial charge in [-0.25, -0.2) is 0 Å². The predicted octanol–water partition coefficient (Wildman–Crippen LogP) is 5.55. The van der Waals surface area contributed by atoms with Crippen LogP contribution in [0.2, 0.25) is 0 Å². The maximum Gasteiger partial charge on any atom is 0.0571 e. The average Bonchev–Trinajstić information content (AvgIpc) is 3.12. The van der Waals surface area contributed by atoms with Crippen molar-refractivity contribution in [2.75, 3.05) is 0 Å². The Labute approximate surface area is 141 Å². The Balaban J connectivity index is 1.81. The first kappa shape index (κ1) is 12.6. The van der Waals surface area contributed by atoms with E-state index in [2.05, 4.69) is 72.2 Å². The number of nitrogens with zero attached hydrogens (tertiary/aromatic N) is 1. The fourth-order valence-electron chi connectivity index (χ4n) is 4.74. The van der Waals surface area contributed by atoms with Crippen LogP contribution < -0.4 is 0 Å². The molecule has 0 atom stereocenters. The summed E-state index contributed by atoms with van der Waals surface area (Å²) in [7, 11) is 0. The number of fused-ring (bicyclic) bond motifs is 7. The zero-order valence-corrected chi connectivity index (χ0v) is 13.6. The summed E-state index contributed by atoms with van der Waals surface area (Å²) in [5.41, 5.74) is 12.9. The van der Waals surface area contributed by atoms with Gasteiger partial charge in [0.2, 0.25) is 0 Å². The Hall–Kier alpha value is -2.80. The van der Waals surface area contributed by atoms with E-state index in [4.69, 9.17) is 0 Å². The molecule has 0 N–H and O–H groups in total. The van der Waals surface area contributed by atoms with Gasteiger partial charge in [0.1, 0.15) is 0 Å². The molecule has 2 aliphatic rings. The van der Waals surface area contributed by atoms with Crippen molar-refractivity contribution in [3.05, 3.63) is 82.9 Å². The fraction of sp³-hybridized carbons (Fsp3) is 0.130. The summed E-state index contributed by atoms with van der Waals surface area (Å²) in [6.45, 7) is 3.20. The molecule has 0 fully saturated rings. The second-order valence-corrected chi connectivity index (χ2v) is 7.11. The van der Waals surface area contributed by atoms with E-state index >= 15 is 0 Å². The quantitative estimate of drug-likeness (QED) is 0.347. The monoisotopic (exact) mass is 307 g/mol. The van der Waals surface area contributed by atoms with Gasteiger partial charge in [-0.1, -0.05) is 48.5 Å². The molecule has 24 heavy (non-hydrogen) atoms. The maximum atomic E-state index is 2.56. The van der Waals surface area contributed by atoms with Crippen molar-refractivity contribution in [1.29, 1.82) is 0 Å². The van der Waals surface area contributed by atoms with Gasteiger partial charge in [0.05, 0.1) is 11.2 Å². The van der Waals surface area contributed by atoms with Crippen LogP contribution >= 0.6 is 0 Å². The molecule has 0 saturated carbocycles. The molecule has 0 amide bonds. The number of benzene rings is 3. The first-order chi connectivity index (χ1) is 11.8. The third-order valence-electron chi connectivity index (χ3n) is 5.68. The first-order valence-corrected chi connectivity index (χ1v) is 8.63. The molecule has 6 rings (SSSR count). The van der Waals surface area contributed by atoms with Crippen molar-refractivity contribution in [3.63, 3.8) is 0 Å². The molecule has 1 nitrogen and oxygen atoms in total. The van der Waals surface area contributed by atoms with Crippen molar-refractivity contribution < 1.29 is 0 Å². The zero-order chi connectivity index (χ0) is 15.8. The predicted molar refractivity (Wildman–Crippen MR) is 99.5 cm³/mol. The van der Waals surface area contributed by atoms with Crippen molar-refractivity contribution in [2.24, 2.45) is 0 Å². The van der Waals surface area contributed by atoms with E-state index in [1.54, 1.807) is 0 Å². The molecule has 0 unspecified atom stereocenters. The van der Waals surface area contributed by atoms with Crippen LogP contribution in [0.1, 0.15) is 22.3 Å². The van der Waals surface area contributed by atoms with Gasteiger partial charge >= 0.3 is 0 Å². The smallest absolute Gasteiger partial charge is 0.0571 e. The number of hydrogen-bond acceptors (Lipinski definition) is 0. The van der Waals surface area contributed by atoms with Crippen LogP contribution in [0.5, 0.6) is 0 Å². The van der Waals surface area contributed by atoms with E-state index < -0.39 is 0 Å². The fourth-order valence-corrected chi connectivity index (χ4v) is 4.74. The van der Waals surface area contributed by atoms with E-state index in [1.807, 2.05) is 0 Å². The van der Waals surface area contributed by atoms with E-state index in [9.17, 15) is 0 Å². The Morgan fingerprint density at radius 2 is 1.54 bits per heavy atom. The minimum absolute atomic E-state index is 0.979. The van der Waals surface area contributed by atoms with Gasteiger partial charge in [-0.3, -0.25) is 0 Å². The number of rotatable bonds is 0. The number of aryl methyl sites for hydroxylation is 1. The molecule has 0 radical (unpaired) electrons. The lowest BCUT2D eigenvalue weighted by atomic mass is 9.93. The lowest BCUT2D eigenvalue weighted by Gasteiger charge is -2.22. The standard InChI is InChI=1S/C23H17N/c1-14-10-19-17-8-4-3-7-16(17)13-24-22-18-9-5-2-6-15(18)12-21(22)20(11-14)23(19)24/h2-11H,12-13H2,1H3. The highest BCUT2D eigenvalue weighted by Gasteiger charge is 2.30. The minimum Gasteiger partial charge on any atom is -0.335 e. The van der Waals surface area contributed by atoms with Gasteiger partial charge in [-0.15, -0.1) is 0 Å². The van der Waals surface area contributed by atoms with E-state index in [1.165, 1.54) is 55.5 Å². The maximum absolute atomic E-state index is 2.56. The zero-order valence-electron chi connectivity index (χ0n) is 13.6. The van der Waals surface area contributed by atoms with Gasteiger partial charge < -0.3 is 4.57 Å². The second-order valence-electron chi connectivity index (χ2n) is 7.11. The van der Waals surface area contributed by atoms with Crippen LogP contribution in [0.3, 0.4) is 0 Å². The minimum atomic E-state index is 0.979. The van der Waals surface area contributed by atoms with Gasteiger partial charge in [0.25, 0.3) is 0 Å². The van der Waals surface area contributed by atoms with Crippen molar-refractivity contribution in [3.8, 4) is 22.4 Å². The molecule has 0 saturated heterocycles. The highest BCUT2D eigenvalue weighted by molar-refractivity contribution is 6.04. The Bertz CT molecular complexity index is 1160. The van der Waals surface area contributed by atoms with Crippen LogP contribution in [-0.4, -0.2) is 4.57 Å². The van der Waals surface area contributed by atoms with Crippen molar-refractivity contribution in [2.45, 2.75) is 19.9 Å². The average molecular weight is 307 g/mol. The third kappa shape index (κ3) is 1.41. The van der Waals surface area contributed by atoms with Crippen molar-refractivity contribution >= 4 is 10.9 Å². The largest absolute Gasteiger partial charge is 0.335 e. The molecule has 2 heterocycles. The molecule has 3 aromatic carbocycles. The number of aromatic nitrogens is 1. The lowest BCUT2D eigenvalue weighted by molar-refractivity contribution is 0.837. The van der Waals surface area contributed by atoms with Crippen LogP contribution in [-0.2, 0) is 13.0 Å². The molecule has 1 heteroatoms. The summed E-state index contributed by atoms with van der Waals surface area (Å²) in [4.78, 5) is 0. The summed E-state index contributed by atoms with van der Waals surface area (Å²) in [5.74, 6) is 0. The van der Waals surface area contributed by atoms with Crippen molar-refractivity contribution in [1.82, 2.24) is 4.57 Å². The lowest BCUT2D eigenvalue weighted by Crippen LogP contribution is -2.08. The van der Waals surface area contributed by atoms with Gasteiger partial charge in [0, 0.05) is 29.5 Å². The normalized spacial score (nSPS) is 13.7. The summed E-state index contributed by atoms with van der Waals surface area (Å²) in [5, 5.41) is 1.45. The summed E-state index contributed by atoms with van der Waals surface area (Å²) >= 11 is 0. The van der Waals surface area contributed by atoms with Gasteiger partial charge in [-0.05, 0) is 46.9 Å². The SMILES string of the molecule is Cc1cc2c3c(c1)c1c(n3Cc3ccccc3-2)-c2ccccc2C1. The van der Waals surface area contributed by atoms with Crippen LogP contribution in [0.4, 0.5) is 0 Å². The van der Waals surface area contributed by atoms with E-state index in [-0.39, 0.29) is 0 Å². The highest BCUT2D eigenvalue weighted by Crippen LogP contribution is 2.48. The van der Waals surface area contributed by atoms with Crippen LogP contribution in [0, 0.1) is 6.92 Å².